The molecule has 0 aliphatic heterocycles. The largest absolute Gasteiger partial charge is 0.495 e. The van der Waals surface area contributed by atoms with E-state index in [1.165, 1.54) is 32.1 Å². The topological polar surface area (TPSA) is 34.1 Å². The third-order valence-corrected chi connectivity index (χ3v) is 5.18. The molecule has 1 heterocycles. The minimum atomic E-state index is 0.403. The van der Waals surface area contributed by atoms with Gasteiger partial charge in [0, 0.05) is 11.3 Å². The van der Waals surface area contributed by atoms with Crippen LogP contribution in [0.1, 0.15) is 32.1 Å². The highest BCUT2D eigenvalue weighted by molar-refractivity contribution is 8.00. The molecule has 1 fully saturated rings. The van der Waals surface area contributed by atoms with Crippen molar-refractivity contribution < 1.29 is 4.74 Å². The lowest BCUT2D eigenvalue weighted by Gasteiger charge is -2.36. The lowest BCUT2D eigenvalue weighted by molar-refractivity contribution is 0.410. The highest BCUT2D eigenvalue weighted by atomic mass is 32.2. The summed E-state index contributed by atoms with van der Waals surface area (Å²) in [6, 6.07) is 3.93. The first-order valence-corrected chi connectivity index (χ1v) is 7.79. The summed E-state index contributed by atoms with van der Waals surface area (Å²) >= 11 is 2.01. The molecule has 100 valence electrons. The predicted molar refractivity (Wildman–Crippen MR) is 78.6 cm³/mol. The second-order valence-electron chi connectivity index (χ2n) is 4.88. The van der Waals surface area contributed by atoms with Gasteiger partial charge < -0.3 is 10.1 Å². The average molecular weight is 266 g/mol. The van der Waals surface area contributed by atoms with E-state index in [1.54, 1.807) is 13.3 Å². The number of pyridine rings is 1. The van der Waals surface area contributed by atoms with Crippen LogP contribution in [0.25, 0.3) is 0 Å². The van der Waals surface area contributed by atoms with Crippen LogP contribution in [0.4, 0.5) is 5.82 Å². The maximum Gasteiger partial charge on any atom is 0.137 e. The number of hydrogen-bond acceptors (Lipinski definition) is 4. The average Bonchev–Trinajstić information content (AvgIpc) is 2.47. The number of rotatable bonds is 5. The van der Waals surface area contributed by atoms with Crippen LogP contribution in [-0.2, 0) is 0 Å². The summed E-state index contributed by atoms with van der Waals surface area (Å²) in [6.07, 6.45) is 10.7. The molecule has 1 aliphatic rings. The minimum absolute atomic E-state index is 0.403. The number of nitrogens with zero attached hydrogens (tertiary/aromatic N) is 1. The van der Waals surface area contributed by atoms with Gasteiger partial charge in [0.05, 0.1) is 13.3 Å². The monoisotopic (exact) mass is 266 g/mol. The Bertz CT molecular complexity index is 361. The van der Waals surface area contributed by atoms with E-state index in [4.69, 9.17) is 4.74 Å². The molecule has 3 nitrogen and oxygen atoms in total. The molecular formula is C14H22N2OS. The number of hydrogen-bond donors (Lipinski definition) is 1. The molecule has 0 spiro atoms. The van der Waals surface area contributed by atoms with Crippen LogP contribution in [0, 0.1) is 0 Å². The maximum absolute atomic E-state index is 5.11. The van der Waals surface area contributed by atoms with Crippen molar-refractivity contribution in [1.29, 1.82) is 0 Å². The summed E-state index contributed by atoms with van der Waals surface area (Å²) in [6.45, 7) is 1.01. The van der Waals surface area contributed by atoms with Crippen molar-refractivity contribution in [2.45, 2.75) is 36.9 Å². The molecule has 0 aromatic carbocycles. The number of nitrogens with one attached hydrogen (secondary N) is 1. The minimum Gasteiger partial charge on any atom is -0.495 e. The van der Waals surface area contributed by atoms with Gasteiger partial charge in [-0.25, -0.2) is 4.98 Å². The van der Waals surface area contributed by atoms with Gasteiger partial charge in [0.15, 0.2) is 0 Å². The molecular weight excluding hydrogens is 244 g/mol. The molecule has 1 aromatic rings. The van der Waals surface area contributed by atoms with Crippen molar-refractivity contribution in [2.24, 2.45) is 0 Å². The molecule has 4 heteroatoms. The fourth-order valence-corrected chi connectivity index (χ4v) is 3.42. The Hall–Kier alpha value is -0.900. The van der Waals surface area contributed by atoms with Gasteiger partial charge in [-0.05, 0) is 31.2 Å². The van der Waals surface area contributed by atoms with E-state index in [1.807, 2.05) is 23.9 Å². The van der Waals surface area contributed by atoms with E-state index in [-0.39, 0.29) is 0 Å². The summed E-state index contributed by atoms with van der Waals surface area (Å²) in [5, 5.41) is 3.47. The van der Waals surface area contributed by atoms with Crippen molar-refractivity contribution in [1.82, 2.24) is 4.98 Å². The molecule has 0 bridgehead atoms. The summed E-state index contributed by atoms with van der Waals surface area (Å²) in [5.74, 6) is 1.74. The Labute approximate surface area is 114 Å². The quantitative estimate of drug-likeness (QED) is 0.883. The molecule has 1 aliphatic carbocycles. The van der Waals surface area contributed by atoms with Gasteiger partial charge in [0.2, 0.25) is 0 Å². The SMILES string of the molecule is COc1ccc(NCC2(SC)CCCCC2)nc1. The van der Waals surface area contributed by atoms with E-state index in [0.29, 0.717) is 4.75 Å². The molecule has 1 N–H and O–H groups in total. The summed E-state index contributed by atoms with van der Waals surface area (Å²) in [4.78, 5) is 4.35. The third kappa shape index (κ3) is 3.31. The standard InChI is InChI=1S/C14H22N2OS/c1-17-12-6-7-13(15-10-12)16-11-14(18-2)8-4-3-5-9-14/h6-7,10H,3-5,8-9,11H2,1-2H3,(H,15,16). The zero-order chi connectivity index (χ0) is 12.8. The van der Waals surface area contributed by atoms with Gasteiger partial charge in [0.1, 0.15) is 11.6 Å². The van der Waals surface area contributed by atoms with Crippen molar-refractivity contribution in [2.75, 3.05) is 25.2 Å². The Balaban J connectivity index is 1.92. The van der Waals surface area contributed by atoms with Crippen molar-refractivity contribution in [3.8, 4) is 5.75 Å². The first-order chi connectivity index (χ1) is 8.78. The van der Waals surface area contributed by atoms with Crippen molar-refractivity contribution in [3.63, 3.8) is 0 Å². The van der Waals surface area contributed by atoms with Crippen molar-refractivity contribution >= 4 is 17.6 Å². The van der Waals surface area contributed by atoms with E-state index >= 15 is 0 Å². The molecule has 0 atom stereocenters. The van der Waals surface area contributed by atoms with Crippen molar-refractivity contribution in [3.05, 3.63) is 18.3 Å². The molecule has 1 saturated carbocycles. The Morgan fingerprint density at radius 3 is 2.67 bits per heavy atom. The maximum atomic E-state index is 5.11. The summed E-state index contributed by atoms with van der Waals surface area (Å²) in [5.41, 5.74) is 0. The number of thioether (sulfide) groups is 1. The van der Waals surface area contributed by atoms with Gasteiger partial charge in [0.25, 0.3) is 0 Å². The number of aromatic nitrogens is 1. The normalized spacial score (nSPS) is 18.3. The fraction of sp³-hybridized carbons (Fsp3) is 0.643. The fourth-order valence-electron chi connectivity index (χ4n) is 2.51. The summed E-state index contributed by atoms with van der Waals surface area (Å²) < 4.78 is 5.51. The number of anilines is 1. The molecule has 0 saturated heterocycles. The number of ether oxygens (including phenoxy) is 1. The van der Waals surface area contributed by atoms with Crippen LogP contribution in [0.2, 0.25) is 0 Å². The first kappa shape index (κ1) is 13.5. The second-order valence-corrected chi connectivity index (χ2v) is 6.16. The number of methoxy groups -OCH3 is 1. The first-order valence-electron chi connectivity index (χ1n) is 6.57. The van der Waals surface area contributed by atoms with E-state index in [0.717, 1.165) is 18.1 Å². The van der Waals surface area contributed by atoms with Gasteiger partial charge in [-0.3, -0.25) is 0 Å². The Kier molecular flexibility index (Phi) is 4.75. The lowest BCUT2D eigenvalue weighted by Crippen LogP contribution is -2.35. The molecule has 1 aromatic heterocycles. The molecule has 0 unspecified atom stereocenters. The van der Waals surface area contributed by atoms with Crippen LogP contribution >= 0.6 is 11.8 Å². The smallest absolute Gasteiger partial charge is 0.137 e. The van der Waals surface area contributed by atoms with Crippen LogP contribution < -0.4 is 10.1 Å². The highest BCUT2D eigenvalue weighted by Gasteiger charge is 2.30. The second kappa shape index (κ2) is 6.32. The highest BCUT2D eigenvalue weighted by Crippen LogP contribution is 2.38. The van der Waals surface area contributed by atoms with Gasteiger partial charge in [-0.15, -0.1) is 0 Å². The van der Waals surface area contributed by atoms with E-state index < -0.39 is 0 Å². The molecule has 0 radical (unpaired) electrons. The molecule has 2 rings (SSSR count). The predicted octanol–water partition coefficient (Wildman–Crippen LogP) is 3.57. The molecule has 0 amide bonds. The van der Waals surface area contributed by atoms with Crippen LogP contribution in [-0.4, -0.2) is 29.6 Å². The molecule has 18 heavy (non-hydrogen) atoms. The van der Waals surface area contributed by atoms with Gasteiger partial charge in [-0.2, -0.15) is 11.8 Å². The van der Waals surface area contributed by atoms with E-state index in [2.05, 4.69) is 16.6 Å². The van der Waals surface area contributed by atoms with Crippen LogP contribution in [0.3, 0.4) is 0 Å². The van der Waals surface area contributed by atoms with E-state index in [9.17, 15) is 0 Å². The third-order valence-electron chi connectivity index (χ3n) is 3.76. The zero-order valence-corrected chi connectivity index (χ0v) is 12.1. The zero-order valence-electron chi connectivity index (χ0n) is 11.2. The van der Waals surface area contributed by atoms with Crippen LogP contribution in [0.15, 0.2) is 18.3 Å². The van der Waals surface area contributed by atoms with Crippen LogP contribution in [0.5, 0.6) is 5.75 Å². The van der Waals surface area contributed by atoms with Gasteiger partial charge >= 0.3 is 0 Å². The van der Waals surface area contributed by atoms with Gasteiger partial charge in [-0.1, -0.05) is 19.3 Å². The summed E-state index contributed by atoms with van der Waals surface area (Å²) in [7, 11) is 1.66. The lowest BCUT2D eigenvalue weighted by atomic mass is 9.88. The Morgan fingerprint density at radius 1 is 1.33 bits per heavy atom. The Morgan fingerprint density at radius 2 is 2.11 bits per heavy atom.